The first-order valence-electron chi connectivity index (χ1n) is 4.77. The molecule has 86 valence electrons. The Morgan fingerprint density at radius 2 is 2.25 bits per heavy atom. The van der Waals surface area contributed by atoms with Crippen LogP contribution in [0.25, 0.3) is 0 Å². The lowest BCUT2D eigenvalue weighted by Crippen LogP contribution is -2.09. The maximum Gasteiger partial charge on any atom is 0.221 e. The van der Waals surface area contributed by atoms with E-state index in [-0.39, 0.29) is 5.91 Å². The molecule has 5 heteroatoms. The second-order valence-electron chi connectivity index (χ2n) is 3.11. The average molecular weight is 333 g/mol. The second-order valence-corrected chi connectivity index (χ2v) is 4.19. The second kappa shape index (κ2) is 5.83. The van der Waals surface area contributed by atoms with Crippen LogP contribution in [-0.2, 0) is 4.79 Å². The van der Waals surface area contributed by atoms with Crippen molar-refractivity contribution in [3.8, 4) is 5.75 Å². The lowest BCUT2D eigenvalue weighted by molar-refractivity contribution is -0.114. The Morgan fingerprint density at radius 1 is 1.56 bits per heavy atom. The third-order valence-electron chi connectivity index (χ3n) is 1.81. The van der Waals surface area contributed by atoms with Crippen LogP contribution in [0, 0.1) is 3.57 Å². The van der Waals surface area contributed by atoms with Crippen molar-refractivity contribution in [1.29, 1.82) is 0 Å². The highest BCUT2D eigenvalue weighted by molar-refractivity contribution is 14.1. The molecule has 1 N–H and O–H groups in total. The molecule has 1 aromatic carbocycles. The smallest absolute Gasteiger partial charge is 0.221 e. The standard InChI is InChI=1S/C11H12INO3/c1-3-16-10-5-8(6-14)4-9(11(10)12)13-7(2)15/h4-6H,3H2,1-2H3,(H,13,15). The van der Waals surface area contributed by atoms with Crippen LogP contribution in [0.1, 0.15) is 24.2 Å². The van der Waals surface area contributed by atoms with Gasteiger partial charge in [-0.05, 0) is 41.6 Å². The number of carbonyl (C=O) groups is 2. The molecule has 1 rings (SSSR count). The summed E-state index contributed by atoms with van der Waals surface area (Å²) in [6.07, 6.45) is 0.726. The van der Waals surface area contributed by atoms with Crippen molar-refractivity contribution in [2.75, 3.05) is 11.9 Å². The van der Waals surface area contributed by atoms with Gasteiger partial charge < -0.3 is 10.1 Å². The molecule has 0 radical (unpaired) electrons. The summed E-state index contributed by atoms with van der Waals surface area (Å²) in [6, 6.07) is 3.28. The summed E-state index contributed by atoms with van der Waals surface area (Å²) in [5.74, 6) is 0.430. The summed E-state index contributed by atoms with van der Waals surface area (Å²) in [5, 5.41) is 2.66. The minimum Gasteiger partial charge on any atom is -0.493 e. The van der Waals surface area contributed by atoms with Gasteiger partial charge in [-0.1, -0.05) is 0 Å². The van der Waals surface area contributed by atoms with E-state index in [1.54, 1.807) is 12.1 Å². The number of aldehydes is 1. The molecule has 0 spiro atoms. The Morgan fingerprint density at radius 3 is 2.75 bits per heavy atom. The molecule has 4 nitrogen and oxygen atoms in total. The third kappa shape index (κ3) is 3.19. The number of benzene rings is 1. The summed E-state index contributed by atoms with van der Waals surface area (Å²) in [6.45, 7) is 3.80. The number of hydrogen-bond donors (Lipinski definition) is 1. The first-order valence-corrected chi connectivity index (χ1v) is 5.85. The van der Waals surface area contributed by atoms with E-state index >= 15 is 0 Å². The molecule has 0 saturated carbocycles. The number of halogens is 1. The Labute approximate surface area is 108 Å². The van der Waals surface area contributed by atoms with Crippen LogP contribution in [-0.4, -0.2) is 18.8 Å². The molecule has 0 unspecified atom stereocenters. The van der Waals surface area contributed by atoms with Gasteiger partial charge in [0.1, 0.15) is 12.0 Å². The zero-order valence-electron chi connectivity index (χ0n) is 9.04. The van der Waals surface area contributed by atoms with E-state index in [4.69, 9.17) is 4.74 Å². The molecule has 0 fully saturated rings. The van der Waals surface area contributed by atoms with Gasteiger partial charge in [0.25, 0.3) is 0 Å². The molecular weight excluding hydrogens is 321 g/mol. The number of anilines is 1. The quantitative estimate of drug-likeness (QED) is 0.680. The molecule has 0 aliphatic carbocycles. The zero-order chi connectivity index (χ0) is 12.1. The Bertz CT molecular complexity index is 418. The molecule has 1 amide bonds. The highest BCUT2D eigenvalue weighted by atomic mass is 127. The summed E-state index contributed by atoms with van der Waals surface area (Å²) in [4.78, 5) is 21.7. The number of ether oxygens (including phenoxy) is 1. The highest BCUT2D eigenvalue weighted by Gasteiger charge is 2.10. The van der Waals surface area contributed by atoms with E-state index in [2.05, 4.69) is 27.9 Å². The van der Waals surface area contributed by atoms with Gasteiger partial charge in [0.2, 0.25) is 5.91 Å². The Kier molecular flexibility index (Phi) is 4.72. The lowest BCUT2D eigenvalue weighted by atomic mass is 10.2. The Hall–Kier alpha value is -1.11. The first-order chi connectivity index (χ1) is 7.58. The molecule has 0 saturated heterocycles. The first kappa shape index (κ1) is 13.0. The van der Waals surface area contributed by atoms with Crippen LogP contribution in [0.3, 0.4) is 0 Å². The predicted molar refractivity (Wildman–Crippen MR) is 70.0 cm³/mol. The summed E-state index contributed by atoms with van der Waals surface area (Å²) >= 11 is 2.07. The summed E-state index contributed by atoms with van der Waals surface area (Å²) < 4.78 is 6.18. The third-order valence-corrected chi connectivity index (χ3v) is 2.92. The van der Waals surface area contributed by atoms with Gasteiger partial charge >= 0.3 is 0 Å². The normalized spacial score (nSPS) is 9.69. The molecule has 0 aliphatic heterocycles. The van der Waals surface area contributed by atoms with Gasteiger partial charge in [0.05, 0.1) is 15.9 Å². The fourth-order valence-corrected chi connectivity index (χ4v) is 1.83. The average Bonchev–Trinajstić information content (AvgIpc) is 2.23. The van der Waals surface area contributed by atoms with E-state index in [1.807, 2.05) is 6.92 Å². The van der Waals surface area contributed by atoms with Crippen LogP contribution in [0.15, 0.2) is 12.1 Å². The molecular formula is C11H12INO3. The van der Waals surface area contributed by atoms with E-state index in [9.17, 15) is 9.59 Å². The number of rotatable bonds is 4. The molecule has 1 aromatic rings. The van der Waals surface area contributed by atoms with Gasteiger partial charge in [-0.15, -0.1) is 0 Å². The zero-order valence-corrected chi connectivity index (χ0v) is 11.2. The van der Waals surface area contributed by atoms with E-state index in [0.29, 0.717) is 23.6 Å². The van der Waals surface area contributed by atoms with Crippen molar-refractivity contribution >= 4 is 40.5 Å². The maximum absolute atomic E-state index is 11.0. The summed E-state index contributed by atoms with van der Waals surface area (Å²) in [7, 11) is 0. The van der Waals surface area contributed by atoms with Gasteiger partial charge in [-0.2, -0.15) is 0 Å². The van der Waals surface area contributed by atoms with Crippen molar-refractivity contribution in [2.45, 2.75) is 13.8 Å². The van der Waals surface area contributed by atoms with Crippen molar-refractivity contribution in [2.24, 2.45) is 0 Å². The van der Waals surface area contributed by atoms with Crippen LogP contribution < -0.4 is 10.1 Å². The number of amides is 1. The Balaban J connectivity index is 3.19. The minimum absolute atomic E-state index is 0.177. The van der Waals surface area contributed by atoms with E-state index in [0.717, 1.165) is 9.86 Å². The molecule has 0 aromatic heterocycles. The summed E-state index contributed by atoms with van der Waals surface area (Å²) in [5.41, 5.74) is 1.08. The topological polar surface area (TPSA) is 55.4 Å². The van der Waals surface area contributed by atoms with Gasteiger partial charge in [-0.25, -0.2) is 0 Å². The predicted octanol–water partition coefficient (Wildman–Crippen LogP) is 2.46. The molecule has 0 heterocycles. The van der Waals surface area contributed by atoms with Crippen molar-refractivity contribution in [3.63, 3.8) is 0 Å². The lowest BCUT2D eigenvalue weighted by Gasteiger charge is -2.11. The van der Waals surface area contributed by atoms with Gasteiger partial charge in [-0.3, -0.25) is 9.59 Å². The fraction of sp³-hybridized carbons (Fsp3) is 0.273. The molecule has 0 bridgehead atoms. The number of hydrogen-bond acceptors (Lipinski definition) is 3. The van der Waals surface area contributed by atoms with Crippen LogP contribution >= 0.6 is 22.6 Å². The SMILES string of the molecule is CCOc1cc(C=O)cc(NC(C)=O)c1I. The van der Waals surface area contributed by atoms with E-state index in [1.165, 1.54) is 6.92 Å². The van der Waals surface area contributed by atoms with Crippen LogP contribution in [0.2, 0.25) is 0 Å². The van der Waals surface area contributed by atoms with Crippen molar-refractivity contribution < 1.29 is 14.3 Å². The monoisotopic (exact) mass is 333 g/mol. The van der Waals surface area contributed by atoms with Crippen LogP contribution in [0.4, 0.5) is 5.69 Å². The molecule has 16 heavy (non-hydrogen) atoms. The largest absolute Gasteiger partial charge is 0.493 e. The van der Waals surface area contributed by atoms with Gasteiger partial charge in [0.15, 0.2) is 0 Å². The van der Waals surface area contributed by atoms with Crippen LogP contribution in [0.5, 0.6) is 5.75 Å². The molecule has 0 atom stereocenters. The molecule has 0 aliphatic rings. The van der Waals surface area contributed by atoms with E-state index < -0.39 is 0 Å². The van der Waals surface area contributed by atoms with Crippen molar-refractivity contribution in [3.05, 3.63) is 21.3 Å². The number of carbonyl (C=O) groups excluding carboxylic acids is 2. The maximum atomic E-state index is 11.0. The fourth-order valence-electron chi connectivity index (χ4n) is 1.23. The number of nitrogens with one attached hydrogen (secondary N) is 1. The van der Waals surface area contributed by atoms with Gasteiger partial charge in [0, 0.05) is 12.5 Å². The van der Waals surface area contributed by atoms with Crippen molar-refractivity contribution in [1.82, 2.24) is 0 Å². The minimum atomic E-state index is -0.177. The highest BCUT2D eigenvalue weighted by Crippen LogP contribution is 2.30.